The Labute approximate surface area is 135 Å². The topological polar surface area (TPSA) is 161 Å². The molecule has 0 aromatic carbocycles. The van der Waals surface area contributed by atoms with Gasteiger partial charge in [0.05, 0.1) is 25.2 Å². The fraction of sp³-hybridized carbons (Fsp3) is 0.667. The normalized spacial score (nSPS) is 11.8. The molecule has 8 nitrogen and oxygen atoms in total. The van der Waals surface area contributed by atoms with Crippen molar-refractivity contribution >= 4 is 11.9 Å². The summed E-state index contributed by atoms with van der Waals surface area (Å²) in [5.74, 6) is -3.30. The molecule has 0 amide bonds. The molecule has 0 aliphatic carbocycles. The Hall–Kier alpha value is 0.780. The second-order valence-electron chi connectivity index (χ2n) is 2.03. The Kier molecular flexibility index (Phi) is 25.2. The molecule has 2 unspecified atom stereocenters. The summed E-state index contributed by atoms with van der Waals surface area (Å²) < 4.78 is 0. The number of hydrogen-bond acceptors (Lipinski definition) is 8. The van der Waals surface area contributed by atoms with Gasteiger partial charge >= 0.3 is 59.1 Å². The van der Waals surface area contributed by atoms with E-state index >= 15 is 0 Å². The quantitative estimate of drug-likeness (QED) is 0.360. The molecular formula is C6H10Na2O8. The second kappa shape index (κ2) is 15.8. The van der Waals surface area contributed by atoms with E-state index in [2.05, 4.69) is 0 Å². The first-order valence-electron chi connectivity index (χ1n) is 3.36. The van der Waals surface area contributed by atoms with Gasteiger partial charge in [-0.05, 0) is 0 Å². The molecule has 0 saturated carbocycles. The predicted octanol–water partition coefficient (Wildman–Crippen LogP) is -11.8. The van der Waals surface area contributed by atoms with E-state index in [1.807, 2.05) is 0 Å². The largest absolute Gasteiger partial charge is 1.00 e. The van der Waals surface area contributed by atoms with Crippen LogP contribution in [0.25, 0.3) is 0 Å². The Bertz CT molecular complexity index is 167. The molecule has 0 aromatic heterocycles. The summed E-state index contributed by atoms with van der Waals surface area (Å²) in [5, 5.41) is 50.5. The third-order valence-electron chi connectivity index (χ3n) is 0.890. The molecule has 0 heterocycles. The molecule has 16 heavy (non-hydrogen) atoms. The van der Waals surface area contributed by atoms with Crippen LogP contribution in [-0.4, -0.2) is 57.8 Å². The molecule has 0 bridgehead atoms. The van der Waals surface area contributed by atoms with E-state index in [0.717, 1.165) is 0 Å². The average Bonchev–Trinajstić information content (AvgIpc) is 2.15. The summed E-state index contributed by atoms with van der Waals surface area (Å²) in [6, 6.07) is 0. The van der Waals surface area contributed by atoms with Gasteiger partial charge in [-0.25, -0.2) is 0 Å². The molecule has 10 heteroatoms. The van der Waals surface area contributed by atoms with Gasteiger partial charge in [-0.2, -0.15) is 0 Å². The van der Waals surface area contributed by atoms with Crippen molar-refractivity contribution in [3.05, 3.63) is 0 Å². The smallest absolute Gasteiger partial charge is 0.547 e. The molecule has 2 atom stereocenters. The van der Waals surface area contributed by atoms with Gasteiger partial charge in [-0.15, -0.1) is 0 Å². The van der Waals surface area contributed by atoms with Crippen molar-refractivity contribution in [2.45, 2.75) is 12.2 Å². The Balaban J connectivity index is -0.0000000800. The van der Waals surface area contributed by atoms with Crippen LogP contribution in [0.3, 0.4) is 0 Å². The summed E-state index contributed by atoms with van der Waals surface area (Å²) in [6.07, 6.45) is -3.47. The molecular weight excluding hydrogens is 246 g/mol. The number of hydrogen-bond donors (Lipinski definition) is 4. The van der Waals surface area contributed by atoms with E-state index < -0.39 is 37.4 Å². The second-order valence-corrected chi connectivity index (χ2v) is 2.03. The maximum absolute atomic E-state index is 9.41. The number of rotatable bonds is 4. The van der Waals surface area contributed by atoms with Crippen LogP contribution in [0.5, 0.6) is 0 Å². The SMILES string of the molecule is O=C([O-])C(O)CO.O=C([O-])C(O)CO.[Na+].[Na+]. The average molecular weight is 256 g/mol. The fourth-order valence-electron chi connectivity index (χ4n) is 0.149. The summed E-state index contributed by atoms with van der Waals surface area (Å²) in [6.45, 7) is -1.58. The van der Waals surface area contributed by atoms with Crippen LogP contribution in [0.2, 0.25) is 0 Å². The predicted molar refractivity (Wildman–Crippen MR) is 36.2 cm³/mol. The van der Waals surface area contributed by atoms with Gasteiger partial charge in [0.25, 0.3) is 0 Å². The van der Waals surface area contributed by atoms with Crippen LogP contribution in [0, 0.1) is 0 Å². The van der Waals surface area contributed by atoms with E-state index in [1.54, 1.807) is 0 Å². The van der Waals surface area contributed by atoms with E-state index in [0.29, 0.717) is 0 Å². The van der Waals surface area contributed by atoms with Crippen molar-refractivity contribution in [1.82, 2.24) is 0 Å². The zero-order valence-corrected chi connectivity index (χ0v) is 13.0. The summed E-state index contributed by atoms with van der Waals surface area (Å²) >= 11 is 0. The van der Waals surface area contributed by atoms with Gasteiger partial charge in [0.1, 0.15) is 12.2 Å². The van der Waals surface area contributed by atoms with Crippen molar-refractivity contribution in [2.75, 3.05) is 13.2 Å². The first-order chi connectivity index (χ1) is 6.36. The summed E-state index contributed by atoms with van der Waals surface area (Å²) in [5.41, 5.74) is 0. The van der Waals surface area contributed by atoms with Gasteiger partial charge in [-0.3, -0.25) is 0 Å². The zero-order valence-electron chi connectivity index (χ0n) is 8.99. The minimum atomic E-state index is -1.74. The van der Waals surface area contributed by atoms with Crippen LogP contribution >= 0.6 is 0 Å². The molecule has 0 fully saturated rings. The van der Waals surface area contributed by atoms with Crippen LogP contribution in [0.4, 0.5) is 0 Å². The third kappa shape index (κ3) is 17.2. The maximum Gasteiger partial charge on any atom is 1.00 e. The molecule has 0 saturated heterocycles. The van der Waals surface area contributed by atoms with Crippen LogP contribution in [-0.2, 0) is 9.59 Å². The van der Waals surface area contributed by atoms with Gasteiger partial charge in [0, 0.05) is 0 Å². The van der Waals surface area contributed by atoms with Crippen molar-refractivity contribution in [3.8, 4) is 0 Å². The van der Waals surface area contributed by atoms with E-state index in [1.165, 1.54) is 0 Å². The van der Waals surface area contributed by atoms with Gasteiger partial charge in [-0.1, -0.05) is 0 Å². The monoisotopic (exact) mass is 256 g/mol. The summed E-state index contributed by atoms with van der Waals surface area (Å²) in [4.78, 5) is 18.8. The van der Waals surface area contributed by atoms with Crippen molar-refractivity contribution in [2.24, 2.45) is 0 Å². The van der Waals surface area contributed by atoms with E-state index in [4.69, 9.17) is 20.4 Å². The number of aliphatic hydroxyl groups excluding tert-OH is 4. The van der Waals surface area contributed by atoms with Crippen molar-refractivity contribution < 1.29 is 99.3 Å². The Morgan fingerprint density at radius 1 is 0.875 bits per heavy atom. The fourth-order valence-corrected chi connectivity index (χ4v) is 0.149. The number of carboxylic acids is 2. The van der Waals surface area contributed by atoms with Crippen molar-refractivity contribution in [3.63, 3.8) is 0 Å². The van der Waals surface area contributed by atoms with Crippen LogP contribution in [0.15, 0.2) is 0 Å². The Morgan fingerprint density at radius 3 is 1.06 bits per heavy atom. The number of aliphatic carboxylic acids is 2. The van der Waals surface area contributed by atoms with Gasteiger partial charge < -0.3 is 40.2 Å². The first kappa shape index (κ1) is 25.6. The minimum Gasteiger partial charge on any atom is -0.547 e. The standard InChI is InChI=1S/2C3H6O4.2Na/c2*4-1-2(5)3(6)7;;/h2*2,4-5H,1H2,(H,6,7);;/q;;2*+1/p-2. The molecule has 0 spiro atoms. The Morgan fingerprint density at radius 2 is 1.06 bits per heavy atom. The van der Waals surface area contributed by atoms with Crippen LogP contribution < -0.4 is 69.3 Å². The maximum atomic E-state index is 9.41. The number of carbonyl (C=O) groups is 2. The van der Waals surface area contributed by atoms with Gasteiger partial charge in [0.2, 0.25) is 0 Å². The molecule has 0 radical (unpaired) electrons. The number of aliphatic hydroxyl groups is 4. The first-order valence-corrected chi connectivity index (χ1v) is 3.36. The molecule has 4 N–H and O–H groups in total. The van der Waals surface area contributed by atoms with E-state index in [9.17, 15) is 19.8 Å². The number of carbonyl (C=O) groups excluding carboxylic acids is 2. The zero-order chi connectivity index (χ0) is 11.7. The molecule has 0 aliphatic heterocycles. The molecule has 0 aliphatic rings. The third-order valence-corrected chi connectivity index (χ3v) is 0.890. The number of carboxylic acid groups (broad SMARTS) is 2. The summed E-state index contributed by atoms with van der Waals surface area (Å²) in [7, 11) is 0. The van der Waals surface area contributed by atoms with E-state index in [-0.39, 0.29) is 59.1 Å². The van der Waals surface area contributed by atoms with Crippen molar-refractivity contribution in [1.29, 1.82) is 0 Å². The van der Waals surface area contributed by atoms with Crippen LogP contribution in [0.1, 0.15) is 0 Å². The molecule has 0 aromatic rings. The molecule has 0 rings (SSSR count). The minimum absolute atomic E-state index is 0. The molecule has 84 valence electrons. The van der Waals surface area contributed by atoms with Gasteiger partial charge in [0.15, 0.2) is 0 Å².